The Morgan fingerprint density at radius 2 is 2.33 bits per heavy atom. The Morgan fingerprint density at radius 3 is 2.92 bits per heavy atom. The smallest absolute Gasteiger partial charge is 0.194 e. The third-order valence-electron chi connectivity index (χ3n) is 1.30. The van der Waals surface area contributed by atoms with Gasteiger partial charge in [-0.25, -0.2) is 0 Å². The molecule has 3 heteroatoms. The van der Waals surface area contributed by atoms with Gasteiger partial charge in [0.2, 0.25) is 0 Å². The predicted octanol–water partition coefficient (Wildman–Crippen LogP) is 1.22. The summed E-state index contributed by atoms with van der Waals surface area (Å²) in [7, 11) is 0. The predicted molar refractivity (Wildman–Crippen MR) is 44.1 cm³/mol. The Morgan fingerprint density at radius 1 is 1.58 bits per heavy atom. The molecule has 0 saturated carbocycles. The third kappa shape index (κ3) is 2.36. The van der Waals surface area contributed by atoms with Crippen LogP contribution in [0.15, 0.2) is 24.3 Å². The maximum atomic E-state index is 10.3. The summed E-state index contributed by atoms with van der Waals surface area (Å²) in [6, 6.07) is 6.61. The van der Waals surface area contributed by atoms with Gasteiger partial charge in [0.25, 0.3) is 0 Å². The fourth-order valence-electron chi connectivity index (χ4n) is 0.858. The van der Waals surface area contributed by atoms with Gasteiger partial charge in [-0.05, 0) is 19.1 Å². The highest BCUT2D eigenvalue weighted by Gasteiger charge is 1.98. The summed E-state index contributed by atoms with van der Waals surface area (Å²) in [4.78, 5) is 10.3. The lowest BCUT2D eigenvalue weighted by atomic mass is 10.2. The van der Waals surface area contributed by atoms with Crippen LogP contribution in [0.4, 0.5) is 0 Å². The lowest BCUT2D eigenvalue weighted by molar-refractivity contribution is -0.000337. The summed E-state index contributed by atoms with van der Waals surface area (Å²) in [6.07, 6.45) is -0.124. The van der Waals surface area contributed by atoms with Gasteiger partial charge in [0, 0.05) is 5.56 Å². The van der Waals surface area contributed by atoms with Gasteiger partial charge >= 0.3 is 0 Å². The molecule has 3 nitrogen and oxygen atoms in total. The minimum Gasteiger partial charge on any atom is -0.465 e. The summed E-state index contributed by atoms with van der Waals surface area (Å²) in [5, 5.41) is 8.86. The first kappa shape index (κ1) is 8.74. The maximum Gasteiger partial charge on any atom is 0.194 e. The molecular weight excluding hydrogens is 156 g/mol. The number of hydrogen-bond donors (Lipinski definition) is 1. The number of aliphatic hydroxyl groups excluding tert-OH is 1. The largest absolute Gasteiger partial charge is 0.465 e. The molecule has 0 fully saturated rings. The van der Waals surface area contributed by atoms with Gasteiger partial charge < -0.3 is 9.84 Å². The topological polar surface area (TPSA) is 46.5 Å². The van der Waals surface area contributed by atoms with Crippen LogP contribution in [0.5, 0.6) is 5.75 Å². The van der Waals surface area contributed by atoms with E-state index in [1.165, 1.54) is 6.92 Å². The van der Waals surface area contributed by atoms with Crippen LogP contribution in [-0.2, 0) is 0 Å². The zero-order valence-electron chi connectivity index (χ0n) is 6.73. The summed E-state index contributed by atoms with van der Waals surface area (Å²) >= 11 is 0. The van der Waals surface area contributed by atoms with Gasteiger partial charge in [0.15, 0.2) is 6.29 Å². The summed E-state index contributed by atoms with van der Waals surface area (Å²) in [5.41, 5.74) is 0.535. The molecule has 0 amide bonds. The van der Waals surface area contributed by atoms with E-state index in [2.05, 4.69) is 0 Å². The first-order chi connectivity index (χ1) is 5.72. The summed E-state index contributed by atoms with van der Waals surface area (Å²) in [6.45, 7) is 1.51. The van der Waals surface area contributed by atoms with Crippen molar-refractivity contribution in [2.75, 3.05) is 0 Å². The molecule has 1 aromatic rings. The molecule has 0 radical (unpaired) electrons. The van der Waals surface area contributed by atoms with E-state index in [4.69, 9.17) is 9.84 Å². The summed E-state index contributed by atoms with van der Waals surface area (Å²) < 4.78 is 4.95. The molecule has 1 unspecified atom stereocenters. The number of benzene rings is 1. The molecule has 1 N–H and O–H groups in total. The lowest BCUT2D eigenvalue weighted by Gasteiger charge is -2.07. The van der Waals surface area contributed by atoms with Crippen LogP contribution in [0, 0.1) is 0 Å². The first-order valence-corrected chi connectivity index (χ1v) is 3.62. The Hall–Kier alpha value is -1.35. The van der Waals surface area contributed by atoms with E-state index >= 15 is 0 Å². The van der Waals surface area contributed by atoms with E-state index in [-0.39, 0.29) is 0 Å². The SMILES string of the molecule is CC(O)Oc1cccc(C=O)c1. The van der Waals surface area contributed by atoms with Gasteiger partial charge in [0.05, 0.1) is 0 Å². The average molecular weight is 166 g/mol. The number of hydrogen-bond acceptors (Lipinski definition) is 3. The Balaban J connectivity index is 2.79. The zero-order valence-corrected chi connectivity index (χ0v) is 6.73. The van der Waals surface area contributed by atoms with E-state index in [0.29, 0.717) is 11.3 Å². The van der Waals surface area contributed by atoms with Crippen LogP contribution in [0.2, 0.25) is 0 Å². The number of rotatable bonds is 3. The van der Waals surface area contributed by atoms with E-state index in [9.17, 15) is 4.79 Å². The molecular formula is C9H10O3. The molecule has 0 saturated heterocycles. The Kier molecular flexibility index (Phi) is 2.82. The highest BCUT2D eigenvalue weighted by Crippen LogP contribution is 2.12. The van der Waals surface area contributed by atoms with Gasteiger partial charge in [-0.15, -0.1) is 0 Å². The normalized spacial score (nSPS) is 12.2. The number of aldehydes is 1. The van der Waals surface area contributed by atoms with Crippen molar-refractivity contribution in [3.8, 4) is 5.75 Å². The van der Waals surface area contributed by atoms with Gasteiger partial charge in [-0.3, -0.25) is 4.79 Å². The van der Waals surface area contributed by atoms with Crippen LogP contribution in [0.25, 0.3) is 0 Å². The molecule has 0 aliphatic heterocycles. The Labute approximate surface area is 70.6 Å². The minimum absolute atomic E-state index is 0.495. The molecule has 0 bridgehead atoms. The van der Waals surface area contributed by atoms with Crippen molar-refractivity contribution in [3.63, 3.8) is 0 Å². The highest BCUT2D eigenvalue weighted by atomic mass is 16.6. The van der Waals surface area contributed by atoms with E-state index in [1.807, 2.05) is 0 Å². The fourth-order valence-corrected chi connectivity index (χ4v) is 0.858. The molecule has 0 aromatic heterocycles. The van der Waals surface area contributed by atoms with E-state index in [1.54, 1.807) is 24.3 Å². The summed E-state index contributed by atoms with van der Waals surface area (Å²) in [5.74, 6) is 0.495. The van der Waals surface area contributed by atoms with Crippen molar-refractivity contribution in [2.45, 2.75) is 13.2 Å². The van der Waals surface area contributed by atoms with Crippen molar-refractivity contribution >= 4 is 6.29 Å². The van der Waals surface area contributed by atoms with Crippen molar-refractivity contribution in [1.29, 1.82) is 0 Å². The number of carbonyl (C=O) groups excluding carboxylic acids is 1. The van der Waals surface area contributed by atoms with Crippen molar-refractivity contribution in [1.82, 2.24) is 0 Å². The van der Waals surface area contributed by atoms with Crippen molar-refractivity contribution in [3.05, 3.63) is 29.8 Å². The minimum atomic E-state index is -0.855. The quantitative estimate of drug-likeness (QED) is 0.542. The van der Waals surface area contributed by atoms with Crippen LogP contribution in [0.1, 0.15) is 17.3 Å². The number of ether oxygens (including phenoxy) is 1. The van der Waals surface area contributed by atoms with Crippen molar-refractivity contribution in [2.24, 2.45) is 0 Å². The monoisotopic (exact) mass is 166 g/mol. The molecule has 0 aliphatic rings. The standard InChI is InChI=1S/C9H10O3/c1-7(11)12-9-4-2-3-8(5-9)6-10/h2-7,11H,1H3. The molecule has 1 aromatic carbocycles. The second-order valence-corrected chi connectivity index (χ2v) is 2.41. The van der Waals surface area contributed by atoms with Crippen LogP contribution >= 0.6 is 0 Å². The number of carbonyl (C=O) groups is 1. The molecule has 0 heterocycles. The van der Waals surface area contributed by atoms with Crippen LogP contribution in [0.3, 0.4) is 0 Å². The maximum absolute atomic E-state index is 10.3. The number of aliphatic hydroxyl groups is 1. The fraction of sp³-hybridized carbons (Fsp3) is 0.222. The highest BCUT2D eigenvalue weighted by molar-refractivity contribution is 5.75. The zero-order chi connectivity index (χ0) is 8.97. The van der Waals surface area contributed by atoms with Crippen LogP contribution in [-0.4, -0.2) is 17.7 Å². The average Bonchev–Trinajstić information content (AvgIpc) is 2.03. The molecule has 0 aliphatic carbocycles. The van der Waals surface area contributed by atoms with Gasteiger partial charge in [0.1, 0.15) is 12.0 Å². The van der Waals surface area contributed by atoms with Gasteiger partial charge in [-0.1, -0.05) is 12.1 Å². The molecule has 1 atom stereocenters. The molecule has 1 rings (SSSR count). The molecule has 0 spiro atoms. The molecule has 12 heavy (non-hydrogen) atoms. The van der Waals surface area contributed by atoms with Crippen molar-refractivity contribution < 1.29 is 14.6 Å². The van der Waals surface area contributed by atoms with E-state index in [0.717, 1.165) is 6.29 Å². The third-order valence-corrected chi connectivity index (χ3v) is 1.30. The van der Waals surface area contributed by atoms with Crippen LogP contribution < -0.4 is 4.74 Å². The molecule has 64 valence electrons. The second kappa shape index (κ2) is 3.88. The first-order valence-electron chi connectivity index (χ1n) is 3.62. The second-order valence-electron chi connectivity index (χ2n) is 2.41. The van der Waals surface area contributed by atoms with E-state index < -0.39 is 6.29 Å². The Bertz CT molecular complexity index is 268. The lowest BCUT2D eigenvalue weighted by Crippen LogP contribution is -2.09. The van der Waals surface area contributed by atoms with Gasteiger partial charge in [-0.2, -0.15) is 0 Å².